The third kappa shape index (κ3) is 4.90. The summed E-state index contributed by atoms with van der Waals surface area (Å²) in [5.41, 5.74) is -7.89. The molecule has 10 nitrogen and oxygen atoms in total. The Morgan fingerprint density at radius 2 is 1.80 bits per heavy atom. The van der Waals surface area contributed by atoms with E-state index < -0.39 is 50.6 Å². The van der Waals surface area contributed by atoms with Crippen molar-refractivity contribution in [2.45, 2.75) is 30.6 Å². The maximum Gasteiger partial charge on any atom is 0.516 e. The number of aromatic nitrogens is 2. The monoisotopic (exact) mass is 645 g/mol. The van der Waals surface area contributed by atoms with E-state index in [1.165, 1.54) is 47.0 Å². The fourth-order valence-electron chi connectivity index (χ4n) is 4.30. The molecule has 3 aromatic rings. The highest BCUT2D eigenvalue weighted by atomic mass is 79.9. The van der Waals surface area contributed by atoms with Crippen molar-refractivity contribution < 1.29 is 31.1 Å². The number of sulfonamides is 1. The van der Waals surface area contributed by atoms with E-state index in [-0.39, 0.29) is 28.5 Å². The zero-order valence-corrected chi connectivity index (χ0v) is 22.8. The van der Waals surface area contributed by atoms with E-state index in [4.69, 9.17) is 0 Å². The molecular formula is C24H20BrF4N5O5S. The first-order valence-electron chi connectivity index (χ1n) is 11.7. The van der Waals surface area contributed by atoms with Crippen LogP contribution in [0.15, 0.2) is 62.6 Å². The quantitative estimate of drug-likeness (QED) is 0.349. The second-order valence-corrected chi connectivity index (χ2v) is 11.8. The number of anilines is 3. The van der Waals surface area contributed by atoms with Gasteiger partial charge >= 0.3 is 21.2 Å². The fraction of sp³-hybridized carbons (Fsp3) is 0.250. The highest BCUT2D eigenvalue weighted by Crippen LogP contribution is 2.37. The van der Waals surface area contributed by atoms with Crippen molar-refractivity contribution in [3.63, 3.8) is 0 Å². The van der Waals surface area contributed by atoms with Gasteiger partial charge < -0.3 is 15.3 Å². The molecule has 1 aliphatic carbocycles. The number of aliphatic hydroxyl groups is 1. The van der Waals surface area contributed by atoms with Crippen LogP contribution in [-0.4, -0.2) is 41.4 Å². The maximum atomic E-state index is 14.7. The molecule has 1 atom stereocenters. The van der Waals surface area contributed by atoms with E-state index in [0.29, 0.717) is 17.3 Å². The van der Waals surface area contributed by atoms with Crippen LogP contribution < -0.4 is 26.2 Å². The average Bonchev–Trinajstić information content (AvgIpc) is 3.68. The van der Waals surface area contributed by atoms with E-state index in [9.17, 15) is 40.7 Å². The molecule has 5 rings (SSSR count). The van der Waals surface area contributed by atoms with Crippen molar-refractivity contribution in [1.29, 1.82) is 0 Å². The van der Waals surface area contributed by atoms with Gasteiger partial charge in [-0.05, 0) is 55.3 Å². The first kappa shape index (κ1) is 27.9. The molecule has 16 heteroatoms. The van der Waals surface area contributed by atoms with Gasteiger partial charge in [-0.3, -0.25) is 14.1 Å². The van der Waals surface area contributed by atoms with Gasteiger partial charge in [-0.25, -0.2) is 13.8 Å². The largest absolute Gasteiger partial charge is 0.516 e. The van der Waals surface area contributed by atoms with Gasteiger partial charge in [0.05, 0.1) is 22.8 Å². The molecule has 1 aromatic heterocycles. The zero-order valence-electron chi connectivity index (χ0n) is 20.4. The Bertz CT molecular complexity index is 1780. The Morgan fingerprint density at radius 1 is 1.10 bits per heavy atom. The Hall–Kier alpha value is -3.63. The van der Waals surface area contributed by atoms with Crippen molar-refractivity contribution in [2.75, 3.05) is 22.0 Å². The zero-order chi connectivity index (χ0) is 29.1. The second-order valence-electron chi connectivity index (χ2n) is 9.18. The van der Waals surface area contributed by atoms with Crippen LogP contribution in [0.25, 0.3) is 11.4 Å². The number of rotatable bonds is 6. The van der Waals surface area contributed by atoms with Crippen molar-refractivity contribution in [3.05, 3.63) is 85.2 Å². The van der Waals surface area contributed by atoms with Gasteiger partial charge in [-0.1, -0.05) is 22.0 Å². The van der Waals surface area contributed by atoms with Crippen LogP contribution in [-0.2, 0) is 10.0 Å². The Kier molecular flexibility index (Phi) is 6.82. The number of hydrogen-bond donors (Lipinski definition) is 3. The average molecular weight is 646 g/mol. The van der Waals surface area contributed by atoms with Crippen LogP contribution in [0.4, 0.5) is 34.8 Å². The normalized spacial score (nSPS) is 17.3. The summed E-state index contributed by atoms with van der Waals surface area (Å²) >= 11 is 3.16. The number of hydrogen-bond acceptors (Lipinski definition) is 7. The molecule has 0 spiro atoms. The fourth-order valence-corrected chi connectivity index (χ4v) is 5.19. The lowest BCUT2D eigenvalue weighted by Crippen LogP contribution is -2.47. The van der Waals surface area contributed by atoms with Crippen LogP contribution in [0.1, 0.15) is 24.4 Å². The third-order valence-corrected chi connectivity index (χ3v) is 7.96. The summed E-state index contributed by atoms with van der Waals surface area (Å²) in [6.07, 6.45) is 0.879. The first-order chi connectivity index (χ1) is 18.7. The maximum absolute atomic E-state index is 14.7. The van der Waals surface area contributed by atoms with E-state index in [1.807, 2.05) is 0 Å². The van der Waals surface area contributed by atoms with Crippen molar-refractivity contribution in [2.24, 2.45) is 0 Å². The Labute approximate surface area is 232 Å². The van der Waals surface area contributed by atoms with E-state index in [1.54, 1.807) is 6.07 Å². The summed E-state index contributed by atoms with van der Waals surface area (Å²) in [6.45, 7) is 0. The summed E-state index contributed by atoms with van der Waals surface area (Å²) in [4.78, 5) is 28.6. The molecule has 2 aliphatic rings. The molecule has 40 heavy (non-hydrogen) atoms. The summed E-state index contributed by atoms with van der Waals surface area (Å²) < 4.78 is 80.8. The molecule has 2 heterocycles. The molecule has 212 valence electrons. The molecule has 0 saturated heterocycles. The number of nitrogens with one attached hydrogen (secondary N) is 2. The highest BCUT2D eigenvalue weighted by Gasteiger charge is 2.46. The number of nitrogens with zero attached hydrogens (tertiary/aromatic N) is 3. The molecular weight excluding hydrogens is 626 g/mol. The van der Waals surface area contributed by atoms with Crippen molar-refractivity contribution >= 4 is 48.8 Å². The highest BCUT2D eigenvalue weighted by molar-refractivity contribution is 9.10. The number of aliphatic hydroxyl groups excluding tert-OH is 1. The summed E-state index contributed by atoms with van der Waals surface area (Å²) in [6, 6.07) is 8.29. The van der Waals surface area contributed by atoms with Crippen molar-refractivity contribution in [1.82, 2.24) is 9.13 Å². The molecule has 1 aliphatic heterocycles. The topological polar surface area (TPSA) is 126 Å². The van der Waals surface area contributed by atoms with Gasteiger partial charge in [0.15, 0.2) is 0 Å². The predicted molar refractivity (Wildman–Crippen MR) is 143 cm³/mol. The summed E-state index contributed by atoms with van der Waals surface area (Å²) in [5, 5.41) is 13.6. The number of likely N-dealkylation sites (N-methyl/N-ethyl adjacent to an activating group) is 1. The van der Waals surface area contributed by atoms with Gasteiger partial charge in [0.25, 0.3) is 5.56 Å². The molecule has 1 unspecified atom stereocenters. The minimum absolute atomic E-state index is 0.0103. The molecule has 3 N–H and O–H groups in total. The van der Waals surface area contributed by atoms with Crippen LogP contribution >= 0.6 is 15.9 Å². The van der Waals surface area contributed by atoms with Crippen LogP contribution in [0.3, 0.4) is 0 Å². The Morgan fingerprint density at radius 3 is 2.42 bits per heavy atom. The number of alkyl halides is 3. The van der Waals surface area contributed by atoms with Crippen LogP contribution in [0.5, 0.6) is 0 Å². The minimum atomic E-state index is -5.77. The van der Waals surface area contributed by atoms with Crippen LogP contribution in [0, 0.1) is 5.82 Å². The standard InChI is InChI=1S/C24H20BrF4N5O5S/c1-32-19(35)11-18(30-17-8-5-12(25)9-16(17)26)20-21(32)33(23(37)34(22(20)36)14-6-7-14)15-4-2-3-13(10-15)31-40(38,39)24(27,28)29/h2-5,8-11,14,19,30-31,35H,6-7H2,1H3. The number of fused-ring (bicyclic) bond motifs is 1. The second kappa shape index (κ2) is 9.78. The van der Waals surface area contributed by atoms with Crippen LogP contribution in [0.2, 0.25) is 0 Å². The van der Waals surface area contributed by atoms with E-state index in [0.717, 1.165) is 21.3 Å². The lowest BCUT2D eigenvalue weighted by molar-refractivity contribution is -0.0429. The summed E-state index contributed by atoms with van der Waals surface area (Å²) in [5.74, 6) is -0.816. The van der Waals surface area contributed by atoms with Gasteiger partial charge in [-0.15, -0.1) is 0 Å². The van der Waals surface area contributed by atoms with Crippen molar-refractivity contribution in [3.8, 4) is 5.69 Å². The number of halogens is 5. The van der Waals surface area contributed by atoms with E-state index >= 15 is 0 Å². The Balaban J connectivity index is 1.73. The molecule has 0 amide bonds. The lowest BCUT2D eigenvalue weighted by atomic mass is 10.1. The van der Waals surface area contributed by atoms with Gasteiger partial charge in [0.1, 0.15) is 23.4 Å². The van der Waals surface area contributed by atoms with E-state index in [2.05, 4.69) is 21.2 Å². The van der Waals surface area contributed by atoms with Gasteiger partial charge in [0.2, 0.25) is 0 Å². The SMILES string of the molecule is CN1c2c(c(=O)n(C3CC3)c(=O)n2-c2cccc(NS(=O)(=O)C(F)(F)F)c2)C(Nc2ccc(Br)cc2F)=CC1O. The first-order valence-corrected chi connectivity index (χ1v) is 13.9. The third-order valence-electron chi connectivity index (χ3n) is 6.36. The smallest absolute Gasteiger partial charge is 0.370 e. The molecule has 1 saturated carbocycles. The predicted octanol–water partition coefficient (Wildman–Crippen LogP) is 3.72. The number of benzene rings is 2. The van der Waals surface area contributed by atoms with Gasteiger partial charge in [0, 0.05) is 17.6 Å². The molecule has 0 radical (unpaired) electrons. The minimum Gasteiger partial charge on any atom is -0.370 e. The van der Waals surface area contributed by atoms with Gasteiger partial charge in [-0.2, -0.15) is 21.6 Å². The molecule has 0 bridgehead atoms. The molecule has 2 aromatic carbocycles. The lowest BCUT2D eigenvalue weighted by Gasteiger charge is -2.34. The molecule has 1 fully saturated rings. The summed E-state index contributed by atoms with van der Waals surface area (Å²) in [7, 11) is -4.39.